The number of benzene rings is 1. The molecule has 0 aliphatic rings. The summed E-state index contributed by atoms with van der Waals surface area (Å²) in [6.45, 7) is 3.57. The Kier molecular flexibility index (Phi) is 8.49. The Bertz CT molecular complexity index is 472. The van der Waals surface area contributed by atoms with Gasteiger partial charge in [0.1, 0.15) is 5.75 Å². The van der Waals surface area contributed by atoms with Crippen LogP contribution < -0.4 is 15.4 Å². The van der Waals surface area contributed by atoms with Crippen molar-refractivity contribution >= 4 is 11.9 Å². The van der Waals surface area contributed by atoms with Gasteiger partial charge >= 0.3 is 5.97 Å². The molecule has 1 aromatic rings. The fraction of sp³-hybridized carbons (Fsp3) is 0.500. The molecular weight excluding hydrogens is 282 g/mol. The molecule has 1 aromatic carbocycles. The van der Waals surface area contributed by atoms with Gasteiger partial charge in [-0.25, -0.2) is 0 Å². The van der Waals surface area contributed by atoms with Crippen molar-refractivity contribution in [3.63, 3.8) is 0 Å². The molecule has 0 aromatic heterocycles. The first-order chi connectivity index (χ1) is 10.7. The van der Waals surface area contributed by atoms with E-state index in [1.54, 1.807) is 21.1 Å². The summed E-state index contributed by atoms with van der Waals surface area (Å²) in [5, 5.41) is 6.38. The van der Waals surface area contributed by atoms with Gasteiger partial charge < -0.3 is 20.1 Å². The first-order valence-corrected chi connectivity index (χ1v) is 7.42. The zero-order valence-electron chi connectivity index (χ0n) is 13.5. The van der Waals surface area contributed by atoms with Crippen LogP contribution in [0.4, 0.5) is 0 Å². The Morgan fingerprint density at radius 2 is 1.95 bits per heavy atom. The zero-order chi connectivity index (χ0) is 16.2. The van der Waals surface area contributed by atoms with Crippen molar-refractivity contribution in [3.05, 3.63) is 29.8 Å². The molecule has 6 heteroatoms. The normalized spacial score (nSPS) is 11.0. The number of esters is 1. The average molecular weight is 307 g/mol. The smallest absolute Gasteiger partial charge is 0.305 e. The molecule has 0 spiro atoms. The second kappa shape index (κ2) is 10.5. The van der Waals surface area contributed by atoms with Crippen LogP contribution in [-0.2, 0) is 16.1 Å². The Balaban J connectivity index is 2.25. The first kappa shape index (κ1) is 17.8. The van der Waals surface area contributed by atoms with Gasteiger partial charge in [-0.15, -0.1) is 0 Å². The Labute approximate surface area is 131 Å². The fourth-order valence-corrected chi connectivity index (χ4v) is 1.82. The van der Waals surface area contributed by atoms with Crippen LogP contribution in [0.1, 0.15) is 25.3 Å². The van der Waals surface area contributed by atoms with Crippen LogP contribution in [-0.4, -0.2) is 39.2 Å². The summed E-state index contributed by atoms with van der Waals surface area (Å²) in [7, 11) is 3.37. The number of hydrogen-bond donors (Lipinski definition) is 2. The van der Waals surface area contributed by atoms with Crippen molar-refractivity contribution in [2.45, 2.75) is 26.3 Å². The highest BCUT2D eigenvalue weighted by Crippen LogP contribution is 2.10. The number of nitrogens with one attached hydrogen (secondary N) is 2. The van der Waals surface area contributed by atoms with Crippen molar-refractivity contribution in [1.29, 1.82) is 0 Å². The molecular formula is C16H25N3O3. The molecule has 1 rings (SSSR count). The zero-order valence-corrected chi connectivity index (χ0v) is 13.5. The third-order valence-corrected chi connectivity index (χ3v) is 3.00. The minimum Gasteiger partial charge on any atom is -0.497 e. The standard InChI is InChI=1S/C16H25N3O3/c1-4-22-15(20)6-5-11-18-16(17-2)19-12-13-7-9-14(21-3)10-8-13/h7-10H,4-6,11-12H2,1-3H3,(H2,17,18,19). The number of rotatable bonds is 8. The highest BCUT2D eigenvalue weighted by molar-refractivity contribution is 5.79. The summed E-state index contributed by atoms with van der Waals surface area (Å²) < 4.78 is 10.0. The number of carbonyl (C=O) groups is 1. The Morgan fingerprint density at radius 3 is 2.55 bits per heavy atom. The van der Waals surface area contributed by atoms with Gasteiger partial charge in [0.2, 0.25) is 0 Å². The Morgan fingerprint density at radius 1 is 1.23 bits per heavy atom. The number of nitrogens with zero attached hydrogens (tertiary/aromatic N) is 1. The molecule has 0 aliphatic heterocycles. The van der Waals surface area contributed by atoms with Crippen molar-refractivity contribution in [2.75, 3.05) is 27.3 Å². The number of guanidine groups is 1. The molecule has 0 heterocycles. The predicted octanol–water partition coefficient (Wildman–Crippen LogP) is 1.70. The molecule has 0 amide bonds. The first-order valence-electron chi connectivity index (χ1n) is 7.42. The minimum absolute atomic E-state index is 0.162. The fourth-order valence-electron chi connectivity index (χ4n) is 1.82. The van der Waals surface area contributed by atoms with Crippen molar-refractivity contribution < 1.29 is 14.3 Å². The van der Waals surface area contributed by atoms with Gasteiger partial charge in [-0.3, -0.25) is 9.79 Å². The minimum atomic E-state index is -0.162. The monoisotopic (exact) mass is 307 g/mol. The third kappa shape index (κ3) is 6.97. The summed E-state index contributed by atoms with van der Waals surface area (Å²) >= 11 is 0. The highest BCUT2D eigenvalue weighted by Gasteiger charge is 2.02. The summed E-state index contributed by atoms with van der Waals surface area (Å²) in [5.41, 5.74) is 1.13. The lowest BCUT2D eigenvalue weighted by Crippen LogP contribution is -2.37. The summed E-state index contributed by atoms with van der Waals surface area (Å²) in [6.07, 6.45) is 1.12. The molecule has 0 atom stereocenters. The third-order valence-electron chi connectivity index (χ3n) is 3.00. The number of ether oxygens (including phenoxy) is 2. The van der Waals surface area contributed by atoms with E-state index in [0.29, 0.717) is 38.5 Å². The lowest BCUT2D eigenvalue weighted by atomic mass is 10.2. The van der Waals surface area contributed by atoms with Crippen molar-refractivity contribution in [3.8, 4) is 5.75 Å². The quantitative estimate of drug-likeness (QED) is 0.331. The Hall–Kier alpha value is -2.24. The van der Waals surface area contributed by atoms with E-state index in [-0.39, 0.29) is 5.97 Å². The van der Waals surface area contributed by atoms with Gasteiger partial charge in [0, 0.05) is 26.6 Å². The van der Waals surface area contributed by atoms with Crippen LogP contribution in [0.2, 0.25) is 0 Å². The molecule has 0 aliphatic carbocycles. The maximum Gasteiger partial charge on any atom is 0.305 e. The van der Waals surface area contributed by atoms with Gasteiger partial charge in [-0.1, -0.05) is 12.1 Å². The predicted molar refractivity (Wildman–Crippen MR) is 87.1 cm³/mol. The van der Waals surface area contributed by atoms with Crippen LogP contribution in [0.3, 0.4) is 0 Å². The molecule has 0 saturated carbocycles. The van der Waals surface area contributed by atoms with E-state index in [4.69, 9.17) is 9.47 Å². The molecule has 0 unspecified atom stereocenters. The van der Waals surface area contributed by atoms with E-state index in [2.05, 4.69) is 15.6 Å². The number of carbonyl (C=O) groups excluding carboxylic acids is 1. The molecule has 6 nitrogen and oxygen atoms in total. The van der Waals surface area contributed by atoms with E-state index >= 15 is 0 Å². The van der Waals surface area contributed by atoms with Gasteiger partial charge in [0.15, 0.2) is 5.96 Å². The number of methoxy groups -OCH3 is 1. The average Bonchev–Trinajstić information content (AvgIpc) is 2.55. The van der Waals surface area contributed by atoms with Crippen molar-refractivity contribution in [2.24, 2.45) is 4.99 Å². The highest BCUT2D eigenvalue weighted by atomic mass is 16.5. The van der Waals surface area contributed by atoms with Crippen LogP contribution in [0.15, 0.2) is 29.3 Å². The van der Waals surface area contributed by atoms with E-state index in [1.165, 1.54) is 0 Å². The topological polar surface area (TPSA) is 72.0 Å². The maximum atomic E-state index is 11.2. The maximum absolute atomic E-state index is 11.2. The molecule has 0 saturated heterocycles. The molecule has 0 fully saturated rings. The van der Waals surface area contributed by atoms with E-state index in [0.717, 1.165) is 11.3 Å². The van der Waals surface area contributed by atoms with Gasteiger partial charge in [-0.2, -0.15) is 0 Å². The van der Waals surface area contributed by atoms with Crippen molar-refractivity contribution in [1.82, 2.24) is 10.6 Å². The van der Waals surface area contributed by atoms with E-state index in [9.17, 15) is 4.79 Å². The number of hydrogen-bond acceptors (Lipinski definition) is 4. The molecule has 22 heavy (non-hydrogen) atoms. The second-order valence-corrected chi connectivity index (χ2v) is 4.61. The molecule has 2 N–H and O–H groups in total. The summed E-state index contributed by atoms with van der Waals surface area (Å²) in [5.74, 6) is 1.38. The van der Waals surface area contributed by atoms with Crippen LogP contribution in [0, 0.1) is 0 Å². The largest absolute Gasteiger partial charge is 0.497 e. The van der Waals surface area contributed by atoms with Gasteiger partial charge in [0.25, 0.3) is 0 Å². The molecule has 122 valence electrons. The lowest BCUT2D eigenvalue weighted by Gasteiger charge is -2.12. The van der Waals surface area contributed by atoms with Crippen LogP contribution in [0.5, 0.6) is 5.75 Å². The van der Waals surface area contributed by atoms with E-state index < -0.39 is 0 Å². The van der Waals surface area contributed by atoms with E-state index in [1.807, 2.05) is 24.3 Å². The lowest BCUT2D eigenvalue weighted by molar-refractivity contribution is -0.143. The SMILES string of the molecule is CCOC(=O)CCCNC(=NC)NCc1ccc(OC)cc1. The summed E-state index contributed by atoms with van der Waals surface area (Å²) in [6, 6.07) is 7.85. The van der Waals surface area contributed by atoms with Crippen LogP contribution in [0.25, 0.3) is 0 Å². The van der Waals surface area contributed by atoms with Gasteiger partial charge in [-0.05, 0) is 31.0 Å². The molecule has 0 bridgehead atoms. The second-order valence-electron chi connectivity index (χ2n) is 4.61. The number of aliphatic imine (C=N–C) groups is 1. The molecule has 0 radical (unpaired) electrons. The summed E-state index contributed by atoms with van der Waals surface area (Å²) in [4.78, 5) is 15.4. The van der Waals surface area contributed by atoms with Gasteiger partial charge in [0.05, 0.1) is 13.7 Å². The van der Waals surface area contributed by atoms with Crippen LogP contribution >= 0.6 is 0 Å².